The van der Waals surface area contributed by atoms with Crippen LogP contribution in [0.4, 0.5) is 11.4 Å². The summed E-state index contributed by atoms with van der Waals surface area (Å²) in [6.07, 6.45) is 1.18. The Bertz CT molecular complexity index is 1190. The summed E-state index contributed by atoms with van der Waals surface area (Å²) < 4.78 is 5.26. The molecule has 5 rings (SSSR count). The van der Waals surface area contributed by atoms with Crippen LogP contribution in [0.1, 0.15) is 22.2 Å². The molecule has 30 heavy (non-hydrogen) atoms. The van der Waals surface area contributed by atoms with E-state index < -0.39 is 6.17 Å². The zero-order valence-corrected chi connectivity index (χ0v) is 16.3. The first-order valence-corrected chi connectivity index (χ1v) is 9.55. The van der Waals surface area contributed by atoms with Crippen LogP contribution in [0.3, 0.4) is 0 Å². The number of nitrogens with zero attached hydrogens (tertiary/aromatic N) is 4. The van der Waals surface area contributed by atoms with Crippen LogP contribution in [-0.2, 0) is 0 Å². The van der Waals surface area contributed by atoms with E-state index in [1.165, 1.54) is 0 Å². The summed E-state index contributed by atoms with van der Waals surface area (Å²) in [5.41, 5.74) is 3.61. The maximum atomic E-state index is 13.4. The van der Waals surface area contributed by atoms with Gasteiger partial charge in [0.1, 0.15) is 11.4 Å². The molecule has 0 bridgehead atoms. The van der Waals surface area contributed by atoms with Gasteiger partial charge in [-0.1, -0.05) is 30.3 Å². The van der Waals surface area contributed by atoms with Crippen LogP contribution in [-0.4, -0.2) is 28.0 Å². The minimum absolute atomic E-state index is 0.103. The Morgan fingerprint density at radius 1 is 0.900 bits per heavy atom. The normalized spacial score (nSPS) is 15.4. The van der Waals surface area contributed by atoms with Gasteiger partial charge in [-0.3, -0.25) is 9.69 Å². The minimum Gasteiger partial charge on any atom is -0.497 e. The molecule has 1 atom stereocenters. The highest BCUT2D eigenvalue weighted by molar-refractivity contribution is 6.12. The molecule has 0 saturated heterocycles. The third-order valence-corrected chi connectivity index (χ3v) is 5.05. The minimum atomic E-state index is -0.502. The summed E-state index contributed by atoms with van der Waals surface area (Å²) >= 11 is 0. The molecule has 0 aliphatic carbocycles. The molecule has 0 radical (unpaired) electrons. The molecule has 1 aliphatic heterocycles. The lowest BCUT2D eigenvalue weighted by Gasteiger charge is -2.36. The lowest BCUT2D eigenvalue weighted by molar-refractivity contribution is 0.0974. The zero-order valence-electron chi connectivity index (χ0n) is 16.3. The summed E-state index contributed by atoms with van der Waals surface area (Å²) in [5.74, 6) is 0.622. The fourth-order valence-electron chi connectivity index (χ4n) is 3.56. The fourth-order valence-corrected chi connectivity index (χ4v) is 3.56. The topological polar surface area (TPSA) is 72.3 Å². The summed E-state index contributed by atoms with van der Waals surface area (Å²) in [6, 6.07) is 24.5. The highest BCUT2D eigenvalue weighted by Gasteiger charge is 2.35. The van der Waals surface area contributed by atoms with Crippen molar-refractivity contribution in [2.24, 2.45) is 0 Å². The Morgan fingerprint density at radius 2 is 1.63 bits per heavy atom. The van der Waals surface area contributed by atoms with Crippen molar-refractivity contribution in [1.82, 2.24) is 15.0 Å². The maximum Gasteiger partial charge on any atom is 0.262 e. The molecule has 2 heterocycles. The highest BCUT2D eigenvalue weighted by atomic mass is 16.5. The van der Waals surface area contributed by atoms with Gasteiger partial charge in [-0.15, -0.1) is 5.10 Å². The van der Waals surface area contributed by atoms with Gasteiger partial charge in [-0.2, -0.15) is 9.90 Å². The molecule has 148 valence electrons. The summed E-state index contributed by atoms with van der Waals surface area (Å²) in [6.45, 7) is 0. The van der Waals surface area contributed by atoms with Crippen molar-refractivity contribution in [1.29, 1.82) is 0 Å². The lowest BCUT2D eigenvalue weighted by Crippen LogP contribution is -2.43. The average Bonchev–Trinajstić information content (AvgIpc) is 3.30. The number of methoxy groups -OCH3 is 1. The molecule has 1 aliphatic rings. The van der Waals surface area contributed by atoms with Crippen LogP contribution in [0.2, 0.25) is 0 Å². The van der Waals surface area contributed by atoms with Crippen LogP contribution in [0, 0.1) is 0 Å². The Balaban J connectivity index is 1.59. The van der Waals surface area contributed by atoms with Gasteiger partial charge >= 0.3 is 0 Å². The number of carbonyl (C=O) groups excluding carboxylic acids is 1. The number of hydrogen-bond donors (Lipinski definition) is 1. The largest absolute Gasteiger partial charge is 0.497 e. The molecule has 7 nitrogen and oxygen atoms in total. The molecule has 4 aromatic rings. The number of nitrogens with one attached hydrogen (secondary N) is 1. The van der Waals surface area contributed by atoms with E-state index >= 15 is 0 Å². The molecule has 1 unspecified atom stereocenters. The molecule has 7 heteroatoms. The first-order chi connectivity index (χ1) is 14.7. The van der Waals surface area contributed by atoms with Crippen molar-refractivity contribution < 1.29 is 9.53 Å². The van der Waals surface area contributed by atoms with Gasteiger partial charge in [0, 0.05) is 11.4 Å². The van der Waals surface area contributed by atoms with Gasteiger partial charge in [0.25, 0.3) is 5.91 Å². The number of fused-ring (bicyclic) bond motifs is 1. The van der Waals surface area contributed by atoms with Crippen molar-refractivity contribution in [2.45, 2.75) is 6.17 Å². The smallest absolute Gasteiger partial charge is 0.262 e. The van der Waals surface area contributed by atoms with Gasteiger partial charge in [0.2, 0.25) is 0 Å². The van der Waals surface area contributed by atoms with Crippen LogP contribution in [0.5, 0.6) is 5.75 Å². The van der Waals surface area contributed by atoms with Crippen molar-refractivity contribution in [3.05, 3.63) is 96.3 Å². The van der Waals surface area contributed by atoms with Crippen LogP contribution < -0.4 is 15.0 Å². The molecule has 1 amide bonds. The van der Waals surface area contributed by atoms with Crippen LogP contribution in [0.25, 0.3) is 5.69 Å². The predicted molar refractivity (Wildman–Crippen MR) is 114 cm³/mol. The van der Waals surface area contributed by atoms with Gasteiger partial charge in [-0.05, 0) is 48.5 Å². The summed E-state index contributed by atoms with van der Waals surface area (Å²) in [5, 5.41) is 12.5. The van der Waals surface area contributed by atoms with E-state index in [0.29, 0.717) is 11.3 Å². The number of para-hydroxylation sites is 2. The Morgan fingerprint density at radius 3 is 2.40 bits per heavy atom. The SMILES string of the molecule is COc1ccc(N2C(=O)c3ccccc3NC2c2cnn(-c3ccccc3)n2)cc1. The second-order valence-corrected chi connectivity index (χ2v) is 6.86. The fraction of sp³-hybridized carbons (Fsp3) is 0.0870. The molecule has 0 saturated carbocycles. The Hall–Kier alpha value is -4.13. The van der Waals surface area contributed by atoms with Crippen molar-refractivity contribution >= 4 is 17.3 Å². The summed E-state index contributed by atoms with van der Waals surface area (Å²) in [4.78, 5) is 16.7. The van der Waals surface area contributed by atoms with Gasteiger partial charge in [0.05, 0.1) is 24.6 Å². The third kappa shape index (κ3) is 3.06. The summed E-state index contributed by atoms with van der Waals surface area (Å²) in [7, 11) is 1.61. The quantitative estimate of drug-likeness (QED) is 0.563. The van der Waals surface area contributed by atoms with Gasteiger partial charge in [-0.25, -0.2) is 0 Å². The predicted octanol–water partition coefficient (Wildman–Crippen LogP) is 4.05. The van der Waals surface area contributed by atoms with Crippen LogP contribution >= 0.6 is 0 Å². The van der Waals surface area contributed by atoms with Gasteiger partial charge in [0.15, 0.2) is 6.17 Å². The first kappa shape index (κ1) is 17.9. The maximum absolute atomic E-state index is 13.4. The van der Waals surface area contributed by atoms with Crippen molar-refractivity contribution in [3.8, 4) is 11.4 Å². The first-order valence-electron chi connectivity index (χ1n) is 9.55. The third-order valence-electron chi connectivity index (χ3n) is 5.05. The number of anilines is 2. The standard InChI is InChI=1S/C23H19N5O2/c1-30-18-13-11-16(12-14-18)27-22(25-20-10-6-5-9-19(20)23(27)29)21-15-24-28(26-21)17-7-3-2-4-8-17/h2-15,22,25H,1H3. The molecule has 0 fully saturated rings. The molecule has 3 aromatic carbocycles. The highest BCUT2D eigenvalue weighted by Crippen LogP contribution is 2.36. The Kier molecular flexibility index (Phi) is 4.40. The number of amides is 1. The lowest BCUT2D eigenvalue weighted by atomic mass is 10.1. The number of carbonyl (C=O) groups is 1. The van der Waals surface area contributed by atoms with E-state index in [1.54, 1.807) is 23.0 Å². The van der Waals surface area contributed by atoms with Crippen molar-refractivity contribution in [3.63, 3.8) is 0 Å². The van der Waals surface area contributed by atoms with E-state index in [-0.39, 0.29) is 5.91 Å². The molecule has 1 aromatic heterocycles. The van der Waals surface area contributed by atoms with E-state index in [2.05, 4.69) is 15.5 Å². The molecular weight excluding hydrogens is 378 g/mol. The number of rotatable bonds is 4. The number of benzene rings is 3. The Labute approximate surface area is 173 Å². The zero-order chi connectivity index (χ0) is 20.5. The average molecular weight is 397 g/mol. The number of ether oxygens (including phenoxy) is 1. The second kappa shape index (κ2) is 7.36. The molecular formula is C23H19N5O2. The van der Waals surface area contributed by atoms with Crippen LogP contribution in [0.15, 0.2) is 85.1 Å². The van der Waals surface area contributed by atoms with E-state index in [4.69, 9.17) is 4.74 Å². The van der Waals surface area contributed by atoms with E-state index in [9.17, 15) is 4.79 Å². The molecule has 1 N–H and O–H groups in total. The number of hydrogen-bond acceptors (Lipinski definition) is 5. The van der Waals surface area contributed by atoms with E-state index in [0.717, 1.165) is 22.8 Å². The van der Waals surface area contributed by atoms with Crippen molar-refractivity contribution in [2.75, 3.05) is 17.3 Å². The number of aromatic nitrogens is 3. The monoisotopic (exact) mass is 397 g/mol. The van der Waals surface area contributed by atoms with E-state index in [1.807, 2.05) is 78.9 Å². The van der Waals surface area contributed by atoms with Gasteiger partial charge < -0.3 is 10.1 Å². The molecule has 0 spiro atoms. The second-order valence-electron chi connectivity index (χ2n) is 6.86.